The molecule has 1 aromatic heterocycles. The standard InChI is InChI=1S/C13H17N3O3/c17-12(18)7-10-1-2-11(8-15-10)16-13(19)9-3-5-14-6-4-9/h1-2,8-9,14H,3-7H2,(H,16,19)(H,17,18). The Balaban J connectivity index is 1.91. The number of nitrogens with zero attached hydrogens (tertiary/aromatic N) is 1. The molecule has 0 unspecified atom stereocenters. The number of carboxylic acids is 1. The molecule has 2 rings (SSSR count). The minimum atomic E-state index is -0.918. The molecule has 1 fully saturated rings. The van der Waals surface area contributed by atoms with Crippen molar-refractivity contribution in [3.63, 3.8) is 0 Å². The number of anilines is 1. The van der Waals surface area contributed by atoms with Crippen LogP contribution in [0.15, 0.2) is 18.3 Å². The molecule has 6 nitrogen and oxygen atoms in total. The van der Waals surface area contributed by atoms with Gasteiger partial charge in [-0.2, -0.15) is 0 Å². The van der Waals surface area contributed by atoms with Crippen molar-refractivity contribution in [3.8, 4) is 0 Å². The van der Waals surface area contributed by atoms with E-state index in [1.54, 1.807) is 12.1 Å². The average molecular weight is 263 g/mol. The zero-order chi connectivity index (χ0) is 13.7. The van der Waals surface area contributed by atoms with Gasteiger partial charge in [0.2, 0.25) is 5.91 Å². The lowest BCUT2D eigenvalue weighted by atomic mass is 9.97. The van der Waals surface area contributed by atoms with Gasteiger partial charge in [0.05, 0.1) is 24.0 Å². The topological polar surface area (TPSA) is 91.3 Å². The molecule has 1 aliphatic heterocycles. The molecule has 0 aliphatic carbocycles. The quantitative estimate of drug-likeness (QED) is 0.741. The lowest BCUT2D eigenvalue weighted by Gasteiger charge is -2.21. The highest BCUT2D eigenvalue weighted by Crippen LogP contribution is 2.15. The van der Waals surface area contributed by atoms with E-state index in [-0.39, 0.29) is 18.2 Å². The maximum Gasteiger partial charge on any atom is 0.309 e. The largest absolute Gasteiger partial charge is 0.481 e. The van der Waals surface area contributed by atoms with Crippen LogP contribution in [0.25, 0.3) is 0 Å². The van der Waals surface area contributed by atoms with Crippen LogP contribution < -0.4 is 10.6 Å². The molecule has 6 heteroatoms. The third-order valence-corrected chi connectivity index (χ3v) is 3.13. The summed E-state index contributed by atoms with van der Waals surface area (Å²) in [5, 5.41) is 14.7. The summed E-state index contributed by atoms with van der Waals surface area (Å²) in [6, 6.07) is 3.30. The highest BCUT2D eigenvalue weighted by atomic mass is 16.4. The SMILES string of the molecule is O=C(O)Cc1ccc(NC(=O)C2CCNCC2)cn1. The zero-order valence-corrected chi connectivity index (χ0v) is 10.6. The van der Waals surface area contributed by atoms with Gasteiger partial charge in [-0.25, -0.2) is 0 Å². The number of piperidine rings is 1. The van der Waals surface area contributed by atoms with Gasteiger partial charge in [0.25, 0.3) is 0 Å². The van der Waals surface area contributed by atoms with Gasteiger partial charge in [0.1, 0.15) is 0 Å². The summed E-state index contributed by atoms with van der Waals surface area (Å²) < 4.78 is 0. The van der Waals surface area contributed by atoms with Gasteiger partial charge in [-0.05, 0) is 38.1 Å². The highest BCUT2D eigenvalue weighted by Gasteiger charge is 2.20. The molecule has 1 aliphatic rings. The molecule has 1 saturated heterocycles. The van der Waals surface area contributed by atoms with Crippen LogP contribution in [0, 0.1) is 5.92 Å². The smallest absolute Gasteiger partial charge is 0.309 e. The number of rotatable bonds is 4. The van der Waals surface area contributed by atoms with Crippen LogP contribution in [0.2, 0.25) is 0 Å². The Morgan fingerprint density at radius 3 is 2.68 bits per heavy atom. The maximum absolute atomic E-state index is 12.0. The van der Waals surface area contributed by atoms with Gasteiger partial charge in [-0.3, -0.25) is 14.6 Å². The molecule has 0 spiro atoms. The zero-order valence-electron chi connectivity index (χ0n) is 10.6. The van der Waals surface area contributed by atoms with E-state index in [0.717, 1.165) is 25.9 Å². The van der Waals surface area contributed by atoms with E-state index in [1.165, 1.54) is 6.20 Å². The fourth-order valence-electron chi connectivity index (χ4n) is 2.09. The third kappa shape index (κ3) is 4.03. The Kier molecular flexibility index (Phi) is 4.46. The van der Waals surface area contributed by atoms with Crippen molar-refractivity contribution in [3.05, 3.63) is 24.0 Å². The van der Waals surface area contributed by atoms with Crippen molar-refractivity contribution in [2.75, 3.05) is 18.4 Å². The highest BCUT2D eigenvalue weighted by molar-refractivity contribution is 5.92. The van der Waals surface area contributed by atoms with E-state index in [2.05, 4.69) is 15.6 Å². The maximum atomic E-state index is 12.0. The van der Waals surface area contributed by atoms with Crippen LogP contribution in [-0.2, 0) is 16.0 Å². The number of carboxylic acid groups (broad SMARTS) is 1. The van der Waals surface area contributed by atoms with Crippen molar-refractivity contribution in [2.45, 2.75) is 19.3 Å². The van der Waals surface area contributed by atoms with Gasteiger partial charge >= 0.3 is 5.97 Å². The van der Waals surface area contributed by atoms with E-state index in [9.17, 15) is 9.59 Å². The Bertz CT molecular complexity index is 453. The normalized spacial score (nSPS) is 16.0. The van der Waals surface area contributed by atoms with Crippen LogP contribution in [0.1, 0.15) is 18.5 Å². The number of pyridine rings is 1. The van der Waals surface area contributed by atoms with E-state index in [4.69, 9.17) is 5.11 Å². The number of amides is 1. The van der Waals surface area contributed by atoms with Gasteiger partial charge < -0.3 is 15.7 Å². The molecular weight excluding hydrogens is 246 g/mol. The fraction of sp³-hybridized carbons (Fsp3) is 0.462. The number of hydrogen-bond acceptors (Lipinski definition) is 4. The summed E-state index contributed by atoms with van der Waals surface area (Å²) in [7, 11) is 0. The first kappa shape index (κ1) is 13.5. The van der Waals surface area contributed by atoms with E-state index < -0.39 is 5.97 Å². The summed E-state index contributed by atoms with van der Waals surface area (Å²) in [5.74, 6) is -0.867. The van der Waals surface area contributed by atoms with Gasteiger partial charge in [0, 0.05) is 5.92 Å². The molecule has 0 bridgehead atoms. The monoisotopic (exact) mass is 263 g/mol. The number of aromatic nitrogens is 1. The third-order valence-electron chi connectivity index (χ3n) is 3.13. The Hall–Kier alpha value is -1.95. The Morgan fingerprint density at radius 2 is 2.11 bits per heavy atom. The van der Waals surface area contributed by atoms with Gasteiger partial charge in [-0.1, -0.05) is 0 Å². The first-order valence-electron chi connectivity index (χ1n) is 6.33. The van der Waals surface area contributed by atoms with Crippen LogP contribution in [0.5, 0.6) is 0 Å². The molecule has 0 aromatic carbocycles. The molecular formula is C13H17N3O3. The van der Waals surface area contributed by atoms with Crippen LogP contribution in [-0.4, -0.2) is 35.1 Å². The molecule has 2 heterocycles. The average Bonchev–Trinajstić information content (AvgIpc) is 2.41. The minimum Gasteiger partial charge on any atom is -0.481 e. The van der Waals surface area contributed by atoms with Crippen molar-refractivity contribution in [1.29, 1.82) is 0 Å². The number of carbonyl (C=O) groups is 2. The number of aliphatic carboxylic acids is 1. The van der Waals surface area contributed by atoms with E-state index >= 15 is 0 Å². The molecule has 1 amide bonds. The first-order valence-corrected chi connectivity index (χ1v) is 6.33. The second kappa shape index (κ2) is 6.29. The predicted octanol–water partition coefficient (Wildman–Crippen LogP) is 0.647. The second-order valence-corrected chi connectivity index (χ2v) is 4.62. The van der Waals surface area contributed by atoms with Gasteiger partial charge in [0.15, 0.2) is 0 Å². The Labute approximate surface area is 111 Å². The van der Waals surface area contributed by atoms with Crippen LogP contribution in [0.4, 0.5) is 5.69 Å². The fourth-order valence-corrected chi connectivity index (χ4v) is 2.09. The summed E-state index contributed by atoms with van der Waals surface area (Å²) in [6.07, 6.45) is 3.08. The van der Waals surface area contributed by atoms with Crippen LogP contribution >= 0.6 is 0 Å². The molecule has 19 heavy (non-hydrogen) atoms. The molecule has 0 atom stereocenters. The molecule has 3 N–H and O–H groups in total. The van der Waals surface area contributed by atoms with E-state index in [1.807, 2.05) is 0 Å². The molecule has 1 aromatic rings. The molecule has 102 valence electrons. The minimum absolute atomic E-state index is 0.00860. The van der Waals surface area contributed by atoms with Crippen LogP contribution in [0.3, 0.4) is 0 Å². The lowest BCUT2D eigenvalue weighted by Crippen LogP contribution is -2.34. The molecule has 0 saturated carbocycles. The lowest BCUT2D eigenvalue weighted by molar-refractivity contribution is -0.136. The Morgan fingerprint density at radius 1 is 1.37 bits per heavy atom. The van der Waals surface area contributed by atoms with E-state index in [0.29, 0.717) is 11.4 Å². The number of hydrogen-bond donors (Lipinski definition) is 3. The summed E-state index contributed by atoms with van der Waals surface area (Å²) in [4.78, 5) is 26.5. The summed E-state index contributed by atoms with van der Waals surface area (Å²) >= 11 is 0. The van der Waals surface area contributed by atoms with Crippen molar-refractivity contribution in [2.24, 2.45) is 5.92 Å². The first-order chi connectivity index (χ1) is 9.15. The van der Waals surface area contributed by atoms with Crippen molar-refractivity contribution < 1.29 is 14.7 Å². The van der Waals surface area contributed by atoms with Crippen molar-refractivity contribution in [1.82, 2.24) is 10.3 Å². The van der Waals surface area contributed by atoms with Gasteiger partial charge in [-0.15, -0.1) is 0 Å². The summed E-state index contributed by atoms with van der Waals surface area (Å²) in [5.41, 5.74) is 1.09. The van der Waals surface area contributed by atoms with Crippen molar-refractivity contribution >= 4 is 17.6 Å². The number of carbonyl (C=O) groups excluding carboxylic acids is 1. The molecule has 0 radical (unpaired) electrons. The number of nitrogens with one attached hydrogen (secondary N) is 2. The predicted molar refractivity (Wildman–Crippen MR) is 69.8 cm³/mol. The second-order valence-electron chi connectivity index (χ2n) is 4.62. The summed E-state index contributed by atoms with van der Waals surface area (Å²) in [6.45, 7) is 1.74.